The minimum atomic E-state index is -0.681. The summed E-state index contributed by atoms with van der Waals surface area (Å²) in [5.41, 5.74) is 2.70. The molecule has 1 amide bonds. The zero-order chi connectivity index (χ0) is 23.8. The molecule has 2 aromatic carbocycles. The number of aromatic nitrogens is 1. The molecule has 1 saturated heterocycles. The molecule has 0 spiro atoms. The van der Waals surface area contributed by atoms with Crippen molar-refractivity contribution in [2.45, 2.75) is 12.5 Å². The molecule has 1 N–H and O–H groups in total. The van der Waals surface area contributed by atoms with Crippen molar-refractivity contribution < 1.29 is 19.4 Å². The van der Waals surface area contributed by atoms with Crippen LogP contribution in [-0.2, 0) is 23.1 Å². The second kappa shape index (κ2) is 8.83. The summed E-state index contributed by atoms with van der Waals surface area (Å²) in [7, 11) is 3.50. The SMILES string of the molecule is COc1ccccc1/C(O)=C1/C(=O)C(=O)N(CCc2cn(C)c3ccccc23)C1c1cccs1. The number of amides is 1. The van der Waals surface area contributed by atoms with E-state index in [1.54, 1.807) is 29.2 Å². The number of aliphatic hydroxyl groups excluding tert-OH is 1. The number of nitrogens with zero attached hydrogens (tertiary/aromatic N) is 2. The highest BCUT2D eigenvalue weighted by molar-refractivity contribution is 7.10. The fourth-order valence-corrected chi connectivity index (χ4v) is 5.55. The number of hydrogen-bond acceptors (Lipinski definition) is 5. The van der Waals surface area contributed by atoms with Crippen LogP contribution in [0.3, 0.4) is 0 Å². The van der Waals surface area contributed by atoms with Crippen molar-refractivity contribution in [2.75, 3.05) is 13.7 Å². The maximum absolute atomic E-state index is 13.2. The van der Waals surface area contributed by atoms with Gasteiger partial charge in [0.15, 0.2) is 0 Å². The van der Waals surface area contributed by atoms with Crippen LogP contribution in [0.4, 0.5) is 0 Å². The van der Waals surface area contributed by atoms with Crippen LogP contribution in [0.15, 0.2) is 77.8 Å². The number of ketones is 1. The number of Topliss-reactive ketones (excluding diaryl/α,β-unsaturated/α-hetero) is 1. The number of aliphatic hydroxyl groups is 1. The summed E-state index contributed by atoms with van der Waals surface area (Å²) in [6, 6.07) is 18.2. The molecule has 1 aliphatic heterocycles. The standard InChI is InChI=1S/C27H24N2O4S/c1-28-16-17(18-8-3-5-10-20(18)28)13-14-29-24(22-12-7-15-34-22)23(26(31)27(29)32)25(30)19-9-4-6-11-21(19)33-2/h3-12,15-16,24,30H,13-14H2,1-2H3/b25-23-. The van der Waals surface area contributed by atoms with E-state index in [1.165, 1.54) is 18.4 Å². The minimum absolute atomic E-state index is 0.0925. The second-order valence-electron chi connectivity index (χ2n) is 8.24. The molecule has 5 rings (SSSR count). The number of aryl methyl sites for hydroxylation is 1. The normalized spacial score (nSPS) is 17.6. The van der Waals surface area contributed by atoms with Crippen LogP contribution in [0, 0.1) is 0 Å². The van der Waals surface area contributed by atoms with Crippen LogP contribution in [0.1, 0.15) is 22.0 Å². The molecule has 0 aliphatic carbocycles. The fourth-order valence-electron chi connectivity index (χ4n) is 4.70. The first-order valence-electron chi connectivity index (χ1n) is 11.0. The first kappa shape index (κ1) is 22.0. The largest absolute Gasteiger partial charge is 0.507 e. The first-order valence-corrected chi connectivity index (χ1v) is 11.9. The number of fused-ring (bicyclic) bond motifs is 1. The van der Waals surface area contributed by atoms with Gasteiger partial charge in [-0.2, -0.15) is 0 Å². The highest BCUT2D eigenvalue weighted by Crippen LogP contribution is 2.42. The van der Waals surface area contributed by atoms with Crippen molar-refractivity contribution in [1.29, 1.82) is 0 Å². The number of hydrogen-bond donors (Lipinski definition) is 1. The van der Waals surface area contributed by atoms with Crippen molar-refractivity contribution in [3.05, 3.63) is 93.8 Å². The molecule has 172 valence electrons. The molecule has 4 aromatic rings. The molecule has 7 heteroatoms. The van der Waals surface area contributed by atoms with Gasteiger partial charge in [0.25, 0.3) is 11.7 Å². The highest BCUT2D eigenvalue weighted by Gasteiger charge is 2.46. The number of benzene rings is 2. The Kier molecular flexibility index (Phi) is 5.71. The third-order valence-corrected chi connectivity index (χ3v) is 7.24. The van der Waals surface area contributed by atoms with E-state index in [0.29, 0.717) is 24.3 Å². The number of thiophene rings is 1. The maximum atomic E-state index is 13.2. The lowest BCUT2D eigenvalue weighted by Gasteiger charge is -2.24. The van der Waals surface area contributed by atoms with E-state index >= 15 is 0 Å². The summed E-state index contributed by atoms with van der Waals surface area (Å²) in [6.07, 6.45) is 2.65. The van der Waals surface area contributed by atoms with E-state index in [2.05, 4.69) is 22.9 Å². The Balaban J connectivity index is 1.56. The van der Waals surface area contributed by atoms with Gasteiger partial charge in [0.2, 0.25) is 0 Å². The molecule has 1 unspecified atom stereocenters. The van der Waals surface area contributed by atoms with Crippen molar-refractivity contribution in [2.24, 2.45) is 7.05 Å². The lowest BCUT2D eigenvalue weighted by molar-refractivity contribution is -0.139. The average molecular weight is 473 g/mol. The predicted octanol–water partition coefficient (Wildman–Crippen LogP) is 4.91. The van der Waals surface area contributed by atoms with E-state index in [9.17, 15) is 14.7 Å². The molecule has 3 heterocycles. The Labute approximate surface area is 201 Å². The lowest BCUT2D eigenvalue weighted by Crippen LogP contribution is -2.31. The molecule has 34 heavy (non-hydrogen) atoms. The van der Waals surface area contributed by atoms with Crippen LogP contribution in [0.2, 0.25) is 0 Å². The van der Waals surface area contributed by atoms with Gasteiger partial charge < -0.3 is 19.3 Å². The van der Waals surface area contributed by atoms with Crippen molar-refractivity contribution >= 4 is 39.7 Å². The molecule has 1 atom stereocenters. The maximum Gasteiger partial charge on any atom is 0.295 e. The Morgan fingerprint density at radius 2 is 1.82 bits per heavy atom. The van der Waals surface area contributed by atoms with E-state index in [4.69, 9.17) is 4.74 Å². The van der Waals surface area contributed by atoms with Crippen molar-refractivity contribution in [3.8, 4) is 5.75 Å². The van der Waals surface area contributed by atoms with Gasteiger partial charge in [-0.1, -0.05) is 36.4 Å². The lowest BCUT2D eigenvalue weighted by atomic mass is 9.99. The summed E-state index contributed by atoms with van der Waals surface area (Å²) in [6.45, 7) is 0.351. The van der Waals surface area contributed by atoms with Crippen molar-refractivity contribution in [3.63, 3.8) is 0 Å². The minimum Gasteiger partial charge on any atom is -0.507 e. The average Bonchev–Trinajstić information content (AvgIpc) is 3.56. The number of ether oxygens (including phenoxy) is 1. The van der Waals surface area contributed by atoms with Gasteiger partial charge in [-0.3, -0.25) is 9.59 Å². The van der Waals surface area contributed by atoms with E-state index in [1.807, 2.05) is 36.7 Å². The molecular weight excluding hydrogens is 448 g/mol. The van der Waals surface area contributed by atoms with Gasteiger partial charge >= 0.3 is 0 Å². The number of methoxy groups -OCH3 is 1. The topological polar surface area (TPSA) is 71.8 Å². The van der Waals surface area contributed by atoms with E-state index in [0.717, 1.165) is 21.3 Å². The van der Waals surface area contributed by atoms with Crippen molar-refractivity contribution in [1.82, 2.24) is 9.47 Å². The zero-order valence-electron chi connectivity index (χ0n) is 18.9. The van der Waals surface area contributed by atoms with Gasteiger partial charge in [0.05, 0.1) is 24.3 Å². The molecule has 0 saturated carbocycles. The predicted molar refractivity (Wildman–Crippen MR) is 133 cm³/mol. The number of rotatable bonds is 6. The van der Waals surface area contributed by atoms with Crippen LogP contribution in [0.5, 0.6) is 5.75 Å². The Morgan fingerprint density at radius 1 is 1.06 bits per heavy atom. The van der Waals surface area contributed by atoms with E-state index in [-0.39, 0.29) is 11.3 Å². The van der Waals surface area contributed by atoms with Gasteiger partial charge in [-0.15, -0.1) is 11.3 Å². The number of likely N-dealkylation sites (tertiary alicyclic amines) is 1. The number of para-hydroxylation sites is 2. The summed E-state index contributed by atoms with van der Waals surface area (Å²) in [4.78, 5) is 28.8. The second-order valence-corrected chi connectivity index (χ2v) is 9.22. The summed E-state index contributed by atoms with van der Waals surface area (Å²) in [5, 5.41) is 14.3. The monoisotopic (exact) mass is 472 g/mol. The van der Waals surface area contributed by atoms with Gasteiger partial charge in [-0.25, -0.2) is 0 Å². The Hall–Kier alpha value is -3.84. The summed E-state index contributed by atoms with van der Waals surface area (Å²) in [5.74, 6) is -1.07. The third-order valence-electron chi connectivity index (χ3n) is 6.32. The molecule has 1 aliphatic rings. The van der Waals surface area contributed by atoms with Crippen LogP contribution in [0.25, 0.3) is 16.7 Å². The number of carbonyl (C=O) groups excluding carboxylic acids is 2. The quantitative estimate of drug-likeness (QED) is 0.246. The Bertz CT molecular complexity index is 1420. The Morgan fingerprint density at radius 3 is 2.59 bits per heavy atom. The van der Waals surface area contributed by atoms with E-state index < -0.39 is 17.7 Å². The molecule has 0 bridgehead atoms. The van der Waals surface area contributed by atoms with Crippen LogP contribution < -0.4 is 4.74 Å². The molecular formula is C27H24N2O4S. The molecule has 0 radical (unpaired) electrons. The van der Waals surface area contributed by atoms with Crippen LogP contribution >= 0.6 is 11.3 Å². The fraction of sp³-hybridized carbons (Fsp3) is 0.185. The molecule has 1 fully saturated rings. The summed E-state index contributed by atoms with van der Waals surface area (Å²) >= 11 is 1.46. The summed E-state index contributed by atoms with van der Waals surface area (Å²) < 4.78 is 7.45. The van der Waals surface area contributed by atoms with Gasteiger partial charge in [0, 0.05) is 35.6 Å². The molecule has 6 nitrogen and oxygen atoms in total. The van der Waals surface area contributed by atoms with Gasteiger partial charge in [0.1, 0.15) is 11.5 Å². The highest BCUT2D eigenvalue weighted by atomic mass is 32.1. The zero-order valence-corrected chi connectivity index (χ0v) is 19.7. The number of carbonyl (C=O) groups is 2. The first-order chi connectivity index (χ1) is 16.5. The third kappa shape index (κ3) is 3.58. The van der Waals surface area contributed by atoms with Crippen LogP contribution in [-0.4, -0.2) is 39.9 Å². The van der Waals surface area contributed by atoms with Gasteiger partial charge in [-0.05, 0) is 41.6 Å². The molecule has 2 aromatic heterocycles. The smallest absolute Gasteiger partial charge is 0.295 e.